The van der Waals surface area contributed by atoms with Crippen molar-refractivity contribution in [3.63, 3.8) is 0 Å². The van der Waals surface area contributed by atoms with Gasteiger partial charge >= 0.3 is 12.4 Å². The molecule has 12 heteroatoms. The number of rotatable bonds is 6. The number of alkyl halides is 3. The Morgan fingerprint density at radius 1 is 0.977 bits per heavy atom. The number of para-hydroxylation sites is 1. The van der Waals surface area contributed by atoms with Crippen LogP contribution in [0.2, 0.25) is 0 Å². The number of nitrogens with one attached hydrogen (secondary N) is 1. The lowest BCUT2D eigenvalue weighted by molar-refractivity contribution is -0.274. The van der Waals surface area contributed by atoms with Gasteiger partial charge in [-0.1, -0.05) is 54.2 Å². The van der Waals surface area contributed by atoms with E-state index in [1.807, 2.05) is 30.3 Å². The molecule has 1 aromatic heterocycles. The third-order valence-corrected chi connectivity index (χ3v) is 8.43. The van der Waals surface area contributed by atoms with Crippen molar-refractivity contribution in [3.8, 4) is 22.8 Å². The van der Waals surface area contributed by atoms with Crippen molar-refractivity contribution in [2.45, 2.75) is 39.5 Å². The van der Waals surface area contributed by atoms with Crippen LogP contribution in [0, 0.1) is 13.8 Å². The molecular weight excluding hydrogens is 589 g/mol. The van der Waals surface area contributed by atoms with Crippen molar-refractivity contribution in [2.24, 2.45) is 4.99 Å². The number of hydrogen-bond donors (Lipinski definition) is 1. The number of carbonyl (C=O) groups excluding carboxylic acids is 1. The van der Waals surface area contributed by atoms with Crippen LogP contribution in [0.25, 0.3) is 22.6 Å². The number of benzene rings is 3. The quantitative estimate of drug-likeness (QED) is 0.239. The number of nitrogens with zero attached hydrogens (tertiary/aromatic N) is 5. The van der Waals surface area contributed by atoms with Crippen molar-refractivity contribution in [3.05, 3.63) is 95.4 Å². The molecule has 0 bridgehead atoms. The maximum absolute atomic E-state index is 13.1. The first-order valence-corrected chi connectivity index (χ1v) is 15.1. The van der Waals surface area contributed by atoms with Gasteiger partial charge < -0.3 is 15.0 Å². The fraction of sp³-hybridized carbons (Fsp3) is 0.250. The highest BCUT2D eigenvalue weighted by Gasteiger charge is 2.31. The molecule has 0 unspecified atom stereocenters. The van der Waals surface area contributed by atoms with Crippen LogP contribution < -0.4 is 15.0 Å². The zero-order chi connectivity index (χ0) is 30.8. The molecule has 1 aliphatic carbocycles. The molecule has 0 radical (unpaired) electrons. The third-order valence-electron chi connectivity index (χ3n) is 7.48. The van der Waals surface area contributed by atoms with Crippen molar-refractivity contribution in [2.75, 3.05) is 17.2 Å². The summed E-state index contributed by atoms with van der Waals surface area (Å²) in [4.78, 5) is 24.0. The minimum absolute atomic E-state index is 0.307. The summed E-state index contributed by atoms with van der Waals surface area (Å²) in [5.74, 6) is 1.04. The molecule has 1 fully saturated rings. The lowest BCUT2D eigenvalue weighted by Gasteiger charge is -2.22. The van der Waals surface area contributed by atoms with E-state index in [1.165, 1.54) is 35.3 Å². The second kappa shape index (κ2) is 12.2. The van der Waals surface area contributed by atoms with Gasteiger partial charge in [-0.05, 0) is 79.6 Å². The summed E-state index contributed by atoms with van der Waals surface area (Å²) in [7, 11) is 0. The molecule has 4 aromatic rings. The van der Waals surface area contributed by atoms with E-state index in [0.29, 0.717) is 16.7 Å². The van der Waals surface area contributed by atoms with Gasteiger partial charge in [0.2, 0.25) is 0 Å². The van der Waals surface area contributed by atoms with E-state index in [9.17, 15) is 18.0 Å². The van der Waals surface area contributed by atoms with E-state index in [-0.39, 0.29) is 11.8 Å². The second-order valence-corrected chi connectivity index (χ2v) is 11.6. The SMILES string of the molecule is Cc1cccc(C)c1N1CCSC1=NC(=O)NC1=C(c2ccc(-c3ncn(-c4ccc(OC(F)(F)F)cc4)n3)cc2)CCC1. The number of allylic oxidation sites excluding steroid dienone is 2. The Balaban J connectivity index is 1.15. The summed E-state index contributed by atoms with van der Waals surface area (Å²) < 4.78 is 42.7. The largest absolute Gasteiger partial charge is 0.573 e. The van der Waals surface area contributed by atoms with Gasteiger partial charge in [0.05, 0.1) is 5.69 Å². The molecule has 6 rings (SSSR count). The predicted molar refractivity (Wildman–Crippen MR) is 166 cm³/mol. The molecule has 1 saturated heterocycles. The summed E-state index contributed by atoms with van der Waals surface area (Å²) in [5.41, 5.74) is 7.71. The maximum atomic E-state index is 13.1. The number of anilines is 1. The van der Waals surface area contributed by atoms with Gasteiger partial charge in [0.15, 0.2) is 11.0 Å². The number of amides is 2. The van der Waals surface area contributed by atoms with E-state index in [4.69, 9.17) is 0 Å². The molecule has 2 heterocycles. The van der Waals surface area contributed by atoms with Crippen LogP contribution in [0.3, 0.4) is 0 Å². The molecule has 3 aromatic carbocycles. The second-order valence-electron chi connectivity index (χ2n) is 10.5. The van der Waals surface area contributed by atoms with Crippen LogP contribution in [-0.4, -0.2) is 44.6 Å². The molecule has 0 saturated carbocycles. The Labute approximate surface area is 256 Å². The molecule has 8 nitrogen and oxygen atoms in total. The van der Waals surface area contributed by atoms with Crippen LogP contribution in [0.4, 0.5) is 23.7 Å². The van der Waals surface area contributed by atoms with Gasteiger partial charge in [0.25, 0.3) is 0 Å². The Morgan fingerprint density at radius 2 is 1.68 bits per heavy atom. The molecule has 2 aliphatic rings. The molecular formula is C32H29F3N6O2S. The zero-order valence-corrected chi connectivity index (χ0v) is 24.9. The summed E-state index contributed by atoms with van der Waals surface area (Å²) in [5, 5.41) is 8.24. The summed E-state index contributed by atoms with van der Waals surface area (Å²) in [6, 6.07) is 19.0. The number of aromatic nitrogens is 3. The van der Waals surface area contributed by atoms with Gasteiger partial charge in [-0.2, -0.15) is 4.99 Å². The molecule has 0 atom stereocenters. The highest BCUT2D eigenvalue weighted by molar-refractivity contribution is 8.14. The van der Waals surface area contributed by atoms with Crippen molar-refractivity contribution in [1.29, 1.82) is 0 Å². The lowest BCUT2D eigenvalue weighted by atomic mass is 10.0. The summed E-state index contributed by atoms with van der Waals surface area (Å²) in [6.07, 6.45) is -0.704. The number of halogens is 3. The molecule has 1 aliphatic heterocycles. The average molecular weight is 619 g/mol. The van der Waals surface area contributed by atoms with Crippen molar-refractivity contribution in [1.82, 2.24) is 20.1 Å². The van der Waals surface area contributed by atoms with Gasteiger partial charge in [0.1, 0.15) is 12.1 Å². The van der Waals surface area contributed by atoms with Gasteiger partial charge in [-0.15, -0.1) is 18.3 Å². The predicted octanol–water partition coefficient (Wildman–Crippen LogP) is 7.66. The highest BCUT2D eigenvalue weighted by Crippen LogP contribution is 2.34. The smallest absolute Gasteiger partial charge is 0.406 e. The summed E-state index contributed by atoms with van der Waals surface area (Å²) >= 11 is 1.59. The molecule has 226 valence electrons. The number of aryl methyl sites for hydroxylation is 2. The fourth-order valence-corrected chi connectivity index (χ4v) is 6.46. The van der Waals surface area contributed by atoms with Crippen molar-refractivity contribution < 1.29 is 22.7 Å². The number of urea groups is 1. The molecule has 2 amide bonds. The zero-order valence-electron chi connectivity index (χ0n) is 24.1. The first-order valence-electron chi connectivity index (χ1n) is 14.1. The first-order chi connectivity index (χ1) is 21.1. The van der Waals surface area contributed by atoms with Crippen LogP contribution in [-0.2, 0) is 0 Å². The average Bonchev–Trinajstić information content (AvgIpc) is 3.75. The van der Waals surface area contributed by atoms with E-state index in [0.717, 1.165) is 70.8 Å². The van der Waals surface area contributed by atoms with Gasteiger partial charge in [0, 0.05) is 29.2 Å². The summed E-state index contributed by atoms with van der Waals surface area (Å²) in [6.45, 7) is 4.95. The number of aliphatic imine (C=N–C) groups is 1. The fourth-order valence-electron chi connectivity index (χ4n) is 5.52. The minimum atomic E-state index is -4.75. The van der Waals surface area contributed by atoms with E-state index in [2.05, 4.69) is 56.0 Å². The number of amidine groups is 1. The number of carbonyl (C=O) groups is 1. The topological polar surface area (TPSA) is 84.6 Å². The number of thioether (sulfide) groups is 1. The Hall–Kier alpha value is -4.58. The van der Waals surface area contributed by atoms with Crippen LogP contribution in [0.1, 0.15) is 36.0 Å². The van der Waals surface area contributed by atoms with E-state index in [1.54, 1.807) is 11.8 Å². The van der Waals surface area contributed by atoms with Gasteiger partial charge in [-0.3, -0.25) is 0 Å². The normalized spacial score (nSPS) is 16.2. The van der Waals surface area contributed by atoms with Crippen LogP contribution in [0.5, 0.6) is 5.75 Å². The minimum Gasteiger partial charge on any atom is -0.406 e. The van der Waals surface area contributed by atoms with Crippen LogP contribution in [0.15, 0.2) is 83.7 Å². The number of hydrogen-bond acceptors (Lipinski definition) is 5. The number of ether oxygens (including phenoxy) is 1. The van der Waals surface area contributed by atoms with Gasteiger partial charge in [-0.25, -0.2) is 14.5 Å². The van der Waals surface area contributed by atoms with Crippen molar-refractivity contribution >= 4 is 34.2 Å². The Kier molecular flexibility index (Phi) is 8.17. The van der Waals surface area contributed by atoms with E-state index < -0.39 is 6.36 Å². The van der Waals surface area contributed by atoms with E-state index >= 15 is 0 Å². The Morgan fingerprint density at radius 3 is 2.39 bits per heavy atom. The maximum Gasteiger partial charge on any atom is 0.573 e. The monoisotopic (exact) mass is 618 g/mol. The Bertz CT molecular complexity index is 1730. The first kappa shape index (κ1) is 29.5. The molecule has 1 N–H and O–H groups in total. The highest BCUT2D eigenvalue weighted by atomic mass is 32.2. The molecule has 0 spiro atoms. The lowest BCUT2D eigenvalue weighted by Crippen LogP contribution is -2.28. The molecule has 44 heavy (non-hydrogen) atoms. The standard InChI is InChI=1S/C32H29F3N6O2S/c1-20-5-3-6-21(2)28(20)40-17-18-44-31(40)38-30(42)37-27-8-4-7-26(27)22-9-11-23(12-10-22)29-36-19-41(39-29)24-13-15-25(16-14-24)43-32(33,34)35/h3,5-6,9-16,19H,4,7-8,17-18H2,1-2H3,(H,37,42). The third kappa shape index (κ3) is 6.49. The van der Waals surface area contributed by atoms with Crippen LogP contribution >= 0.6 is 11.8 Å².